The molecule has 1 aliphatic rings. The molecule has 2 N–H and O–H groups in total. The first-order chi connectivity index (χ1) is 19.8. The number of benzene rings is 3. The third kappa shape index (κ3) is 8.95. The maximum absolute atomic E-state index is 11.3. The summed E-state index contributed by atoms with van der Waals surface area (Å²) in [6.45, 7) is 1.83. The van der Waals surface area contributed by atoms with Crippen LogP contribution in [0, 0.1) is 5.41 Å². The first-order valence-electron chi connectivity index (χ1n) is 14.2. The first kappa shape index (κ1) is 32.8. The van der Waals surface area contributed by atoms with Crippen LogP contribution in [-0.4, -0.2) is 68.3 Å². The van der Waals surface area contributed by atoms with E-state index in [9.17, 15) is 15.0 Å². The van der Waals surface area contributed by atoms with Gasteiger partial charge in [0.05, 0.1) is 23.7 Å². The van der Waals surface area contributed by atoms with Crippen LogP contribution in [-0.2, 0) is 11.2 Å². The summed E-state index contributed by atoms with van der Waals surface area (Å²) in [6, 6.07) is 26.9. The van der Waals surface area contributed by atoms with E-state index in [1.54, 1.807) is 0 Å². The van der Waals surface area contributed by atoms with E-state index in [0.29, 0.717) is 11.4 Å². The van der Waals surface area contributed by atoms with Crippen molar-refractivity contribution in [3.63, 3.8) is 0 Å². The van der Waals surface area contributed by atoms with Crippen molar-refractivity contribution in [1.29, 1.82) is 0 Å². The normalized spacial score (nSPS) is 15.3. The SMILES string of the molecule is CC(O)Cc1ccccc1[C@H](CCSCC1(CC(=O)O)CC1)c1cccc(C=Cc2ccc3ccc(Cl)cc3n2)c1.[NaH]. The van der Waals surface area contributed by atoms with Gasteiger partial charge in [-0.05, 0) is 96.1 Å². The fourth-order valence-electron chi connectivity index (χ4n) is 5.50. The van der Waals surface area contributed by atoms with Crippen LogP contribution in [0.5, 0.6) is 0 Å². The molecule has 1 aromatic heterocycles. The number of hydrogen-bond acceptors (Lipinski definition) is 4. The third-order valence-electron chi connectivity index (χ3n) is 7.82. The van der Waals surface area contributed by atoms with Gasteiger partial charge in [-0.25, -0.2) is 4.98 Å². The van der Waals surface area contributed by atoms with Crippen LogP contribution in [0.4, 0.5) is 0 Å². The third-order valence-corrected chi connectivity index (χ3v) is 9.40. The molecule has 3 aromatic carbocycles. The summed E-state index contributed by atoms with van der Waals surface area (Å²) in [5.41, 5.74) is 6.48. The quantitative estimate of drug-likeness (QED) is 0.119. The number of aromatic nitrogens is 1. The average molecular weight is 610 g/mol. The number of halogens is 1. The standard InChI is InChI=1S/C35H36ClNO3S.Na.H/c1-24(38)19-27-6-2-3-8-31(27)32(15-18-41-23-35(16-17-35)22-34(39)40)28-7-4-5-25(20-28)9-13-30-14-11-26-10-12-29(36)21-33(26)37-30;;/h2-14,20-21,24,32,38H,15-19,22-23H2,1H3,(H,39,40);;/t24?,32-;;/m1../s1. The van der Waals surface area contributed by atoms with Crippen LogP contribution >= 0.6 is 23.4 Å². The van der Waals surface area contributed by atoms with Gasteiger partial charge in [0.1, 0.15) is 0 Å². The molecule has 0 spiro atoms. The number of aliphatic hydroxyl groups is 1. The predicted molar refractivity (Wildman–Crippen MR) is 179 cm³/mol. The first-order valence-corrected chi connectivity index (χ1v) is 15.7. The fraction of sp³-hybridized carbons (Fsp3) is 0.314. The molecule has 0 bridgehead atoms. The van der Waals surface area contributed by atoms with Gasteiger partial charge < -0.3 is 10.2 Å². The monoisotopic (exact) mass is 609 g/mol. The van der Waals surface area contributed by atoms with Crippen LogP contribution in [0.2, 0.25) is 5.02 Å². The predicted octanol–water partition coefficient (Wildman–Crippen LogP) is 7.84. The van der Waals surface area contributed by atoms with E-state index in [1.807, 2.05) is 55.1 Å². The van der Waals surface area contributed by atoms with Gasteiger partial charge in [0.15, 0.2) is 0 Å². The van der Waals surface area contributed by atoms with Gasteiger partial charge in [0, 0.05) is 16.3 Å². The summed E-state index contributed by atoms with van der Waals surface area (Å²) in [7, 11) is 0. The van der Waals surface area contributed by atoms with Crippen molar-refractivity contribution < 1.29 is 15.0 Å². The van der Waals surface area contributed by atoms with Gasteiger partial charge in [-0.3, -0.25) is 4.79 Å². The second-order valence-corrected chi connectivity index (χ2v) is 12.8. The number of carbonyl (C=O) groups is 1. The Kier molecular flexibility index (Phi) is 11.8. The average Bonchev–Trinajstić information content (AvgIpc) is 3.70. The number of pyridine rings is 1. The Hall–Kier alpha value is -2.12. The van der Waals surface area contributed by atoms with E-state index >= 15 is 0 Å². The number of thioether (sulfide) groups is 1. The van der Waals surface area contributed by atoms with Crippen molar-refractivity contribution in [2.75, 3.05) is 11.5 Å². The molecule has 0 amide bonds. The van der Waals surface area contributed by atoms with Crippen LogP contribution < -0.4 is 0 Å². The fourth-order valence-corrected chi connectivity index (χ4v) is 7.04. The molecule has 2 atom stereocenters. The molecule has 4 nitrogen and oxygen atoms in total. The Morgan fingerprint density at radius 1 is 1.05 bits per heavy atom. The van der Waals surface area contributed by atoms with E-state index < -0.39 is 12.1 Å². The minimum atomic E-state index is -0.694. The van der Waals surface area contributed by atoms with Crippen LogP contribution in [0.1, 0.15) is 66.5 Å². The molecule has 1 saturated carbocycles. The Bertz CT molecular complexity index is 1550. The zero-order valence-corrected chi connectivity index (χ0v) is 24.9. The summed E-state index contributed by atoms with van der Waals surface area (Å²) >= 11 is 8.05. The molecular weight excluding hydrogens is 573 g/mol. The van der Waals surface area contributed by atoms with Crippen LogP contribution in [0.15, 0.2) is 78.9 Å². The van der Waals surface area contributed by atoms with Gasteiger partial charge in [-0.2, -0.15) is 11.8 Å². The number of carboxylic acid groups (broad SMARTS) is 1. The van der Waals surface area contributed by atoms with E-state index in [0.717, 1.165) is 52.9 Å². The summed E-state index contributed by atoms with van der Waals surface area (Å²) in [4.78, 5) is 16.0. The molecule has 1 unspecified atom stereocenters. The van der Waals surface area contributed by atoms with Gasteiger partial charge in [-0.1, -0.05) is 78.3 Å². The van der Waals surface area contributed by atoms with E-state index in [2.05, 4.69) is 54.6 Å². The molecular formula is C35H37ClNNaO3S. The second kappa shape index (κ2) is 15.1. The molecule has 1 heterocycles. The molecule has 1 fully saturated rings. The van der Waals surface area contributed by atoms with Gasteiger partial charge in [-0.15, -0.1) is 0 Å². The zero-order chi connectivity index (χ0) is 28.8. The number of rotatable bonds is 13. The van der Waals surface area contributed by atoms with Gasteiger partial charge >= 0.3 is 35.5 Å². The summed E-state index contributed by atoms with van der Waals surface area (Å²) in [5.74, 6) is 1.31. The number of nitrogens with zero attached hydrogens (tertiary/aromatic N) is 1. The molecule has 4 aromatic rings. The second-order valence-electron chi connectivity index (χ2n) is 11.3. The molecule has 7 heteroatoms. The van der Waals surface area contributed by atoms with E-state index in [-0.39, 0.29) is 47.3 Å². The van der Waals surface area contributed by atoms with Crippen LogP contribution in [0.25, 0.3) is 23.1 Å². The molecule has 0 aliphatic heterocycles. The van der Waals surface area contributed by atoms with Crippen molar-refractivity contribution in [1.82, 2.24) is 4.98 Å². The van der Waals surface area contributed by atoms with Crippen molar-refractivity contribution in [2.24, 2.45) is 5.41 Å². The molecule has 0 radical (unpaired) electrons. The molecule has 5 rings (SSSR count). The zero-order valence-electron chi connectivity index (χ0n) is 23.3. The summed E-state index contributed by atoms with van der Waals surface area (Å²) in [5, 5.41) is 21.2. The molecule has 214 valence electrons. The van der Waals surface area contributed by atoms with Crippen molar-refractivity contribution in [3.05, 3.63) is 112 Å². The molecule has 1 aliphatic carbocycles. The van der Waals surface area contributed by atoms with E-state index in [4.69, 9.17) is 16.6 Å². The summed E-state index contributed by atoms with van der Waals surface area (Å²) < 4.78 is 0. The van der Waals surface area contributed by atoms with Crippen molar-refractivity contribution >= 4 is 81.9 Å². The topological polar surface area (TPSA) is 70.4 Å². The Labute approximate surface area is 279 Å². The number of aliphatic carboxylic acids is 1. The minimum absolute atomic E-state index is 0. The Balaban J connectivity index is 0.00000405. The van der Waals surface area contributed by atoms with Gasteiger partial charge in [0.25, 0.3) is 0 Å². The van der Waals surface area contributed by atoms with Gasteiger partial charge in [0.2, 0.25) is 0 Å². The number of hydrogen-bond donors (Lipinski definition) is 2. The van der Waals surface area contributed by atoms with Crippen molar-refractivity contribution in [2.45, 2.75) is 51.0 Å². The van der Waals surface area contributed by atoms with Crippen LogP contribution in [0.3, 0.4) is 0 Å². The Morgan fingerprint density at radius 2 is 1.83 bits per heavy atom. The Morgan fingerprint density at radius 3 is 2.60 bits per heavy atom. The number of aliphatic hydroxyl groups excluding tert-OH is 1. The molecule has 0 saturated heterocycles. The van der Waals surface area contributed by atoms with Crippen molar-refractivity contribution in [3.8, 4) is 0 Å². The number of fused-ring (bicyclic) bond motifs is 1. The molecule has 42 heavy (non-hydrogen) atoms. The summed E-state index contributed by atoms with van der Waals surface area (Å²) in [6.07, 6.45) is 7.55. The maximum atomic E-state index is 11.3. The van der Waals surface area contributed by atoms with E-state index in [1.165, 1.54) is 16.7 Å². The number of carboxylic acids is 1.